The van der Waals surface area contributed by atoms with Crippen molar-refractivity contribution in [3.63, 3.8) is 0 Å². The number of nitrogens with zero attached hydrogens (tertiary/aromatic N) is 4. The molecule has 3 heterocycles. The van der Waals surface area contributed by atoms with E-state index in [2.05, 4.69) is 10.4 Å². The van der Waals surface area contributed by atoms with Crippen LogP contribution in [0.5, 0.6) is 0 Å². The number of hydrogen-bond acceptors (Lipinski definition) is 7. The molecule has 1 aromatic carbocycles. The summed E-state index contributed by atoms with van der Waals surface area (Å²) >= 11 is 0. The van der Waals surface area contributed by atoms with Crippen molar-refractivity contribution in [2.24, 2.45) is 5.41 Å². The molecule has 3 aliphatic rings. The monoisotopic (exact) mass is 581 g/mol. The van der Waals surface area contributed by atoms with E-state index in [0.29, 0.717) is 17.9 Å². The normalized spacial score (nSPS) is 23.1. The average molecular weight is 582 g/mol. The predicted octanol–water partition coefficient (Wildman–Crippen LogP) is 6.07. The Morgan fingerprint density at radius 2 is 1.67 bits per heavy atom. The smallest absolute Gasteiger partial charge is 0.416 e. The van der Waals surface area contributed by atoms with E-state index in [-0.39, 0.29) is 30.8 Å². The Kier molecular flexibility index (Phi) is 10.1. The van der Waals surface area contributed by atoms with E-state index in [9.17, 15) is 14.7 Å². The summed E-state index contributed by atoms with van der Waals surface area (Å²) in [4.78, 5) is 30.2. The fraction of sp³-hybridized carbons (Fsp3) is 0.656. The van der Waals surface area contributed by atoms with Crippen molar-refractivity contribution in [1.82, 2.24) is 15.1 Å². The molecule has 2 fully saturated rings. The maximum Gasteiger partial charge on any atom is 0.416 e. The molecule has 1 unspecified atom stereocenters. The first kappa shape index (κ1) is 30.4. The number of rotatable bonds is 4. The van der Waals surface area contributed by atoms with Crippen molar-refractivity contribution in [2.75, 3.05) is 36.6 Å². The summed E-state index contributed by atoms with van der Waals surface area (Å²) in [6.07, 6.45) is 16.7. The predicted molar refractivity (Wildman–Crippen MR) is 163 cm³/mol. The number of piperidine rings is 1. The van der Waals surface area contributed by atoms with Gasteiger partial charge < -0.3 is 14.6 Å². The van der Waals surface area contributed by atoms with Crippen molar-refractivity contribution in [1.29, 1.82) is 0 Å². The number of ether oxygens (including phenoxy) is 2. The maximum absolute atomic E-state index is 14.1. The van der Waals surface area contributed by atoms with Gasteiger partial charge in [0.05, 0.1) is 50.4 Å². The molecule has 5 rings (SSSR count). The van der Waals surface area contributed by atoms with Gasteiger partial charge in [-0.1, -0.05) is 57.4 Å². The molecule has 2 aliphatic heterocycles. The van der Waals surface area contributed by atoms with Crippen molar-refractivity contribution in [2.45, 2.75) is 103 Å². The second-order valence-electron chi connectivity index (χ2n) is 12.2. The zero-order chi connectivity index (χ0) is 29.5. The second-order valence-corrected chi connectivity index (χ2v) is 12.2. The van der Waals surface area contributed by atoms with Gasteiger partial charge in [0, 0.05) is 17.2 Å². The standard InChI is InChI=1S/C32H47N5O5/c1-24-22-36(30(39)42-29-32(16-11-17-33-29)14-9-7-5-3-4-6-8-10-15-32)28-20-25(26-21-34-35(23-26)18-19-38)12-13-27(28)37(24)31(40)41-2/h12-13,20-21,23-24,29,33,38H,3-11,14-19,22H2,1-2H3/t24-,29?/m0/s1. The summed E-state index contributed by atoms with van der Waals surface area (Å²) in [7, 11) is 1.37. The molecule has 230 valence electrons. The third-order valence-electron chi connectivity index (χ3n) is 9.36. The Bertz CT molecular complexity index is 1200. The van der Waals surface area contributed by atoms with Crippen molar-refractivity contribution >= 4 is 23.6 Å². The van der Waals surface area contributed by atoms with Crippen LogP contribution in [0.3, 0.4) is 0 Å². The first-order chi connectivity index (χ1) is 20.5. The minimum Gasteiger partial charge on any atom is -0.452 e. The molecule has 2 atom stereocenters. The van der Waals surface area contributed by atoms with Gasteiger partial charge in [-0.05, 0) is 56.8 Å². The van der Waals surface area contributed by atoms with E-state index >= 15 is 0 Å². The minimum atomic E-state index is -0.467. The Labute approximate surface area is 249 Å². The number of aliphatic hydroxyl groups is 1. The molecule has 1 spiro atoms. The van der Waals surface area contributed by atoms with Crippen molar-refractivity contribution in [3.8, 4) is 11.1 Å². The van der Waals surface area contributed by atoms with E-state index in [4.69, 9.17) is 9.47 Å². The summed E-state index contributed by atoms with van der Waals surface area (Å²) in [5.41, 5.74) is 2.86. The van der Waals surface area contributed by atoms with Crippen LogP contribution in [0.2, 0.25) is 0 Å². The number of aliphatic hydroxyl groups excluding tert-OH is 1. The summed E-state index contributed by atoms with van der Waals surface area (Å²) in [5, 5.41) is 17.2. The van der Waals surface area contributed by atoms with Gasteiger partial charge in [0.15, 0.2) is 6.23 Å². The topological polar surface area (TPSA) is 109 Å². The molecule has 2 N–H and O–H groups in total. The van der Waals surface area contributed by atoms with Gasteiger partial charge in [-0.25, -0.2) is 9.59 Å². The fourth-order valence-electron chi connectivity index (χ4n) is 7.10. The summed E-state index contributed by atoms with van der Waals surface area (Å²) < 4.78 is 13.2. The highest BCUT2D eigenvalue weighted by molar-refractivity contribution is 6.01. The van der Waals surface area contributed by atoms with Gasteiger partial charge in [-0.15, -0.1) is 0 Å². The SMILES string of the molecule is COC(=O)N1c2ccc(-c3cnn(CCO)c3)cc2N(C(=O)OC2NCCCC23CCCCCCCCCC3)C[C@@H]1C. The lowest BCUT2D eigenvalue weighted by molar-refractivity contribution is -0.0501. The number of carbonyl (C=O) groups excluding carboxylic acids is 2. The van der Waals surface area contributed by atoms with E-state index in [1.165, 1.54) is 58.5 Å². The zero-order valence-electron chi connectivity index (χ0n) is 25.2. The lowest BCUT2D eigenvalue weighted by Crippen LogP contribution is -2.56. The Morgan fingerprint density at radius 1 is 0.976 bits per heavy atom. The Balaban J connectivity index is 1.44. The van der Waals surface area contributed by atoms with E-state index in [1.807, 2.05) is 31.3 Å². The highest BCUT2D eigenvalue weighted by Crippen LogP contribution is 2.44. The number of benzene rings is 1. The van der Waals surface area contributed by atoms with Gasteiger partial charge in [0.25, 0.3) is 0 Å². The van der Waals surface area contributed by atoms with Gasteiger partial charge in [0.1, 0.15) is 0 Å². The average Bonchev–Trinajstić information content (AvgIpc) is 3.45. The Hall–Kier alpha value is -3.11. The number of fused-ring (bicyclic) bond motifs is 1. The summed E-state index contributed by atoms with van der Waals surface area (Å²) in [6.45, 7) is 3.43. The molecule has 2 amide bonds. The van der Waals surface area contributed by atoms with Gasteiger partial charge in [-0.3, -0.25) is 19.8 Å². The van der Waals surface area contributed by atoms with Gasteiger partial charge in [0.2, 0.25) is 0 Å². The summed E-state index contributed by atoms with van der Waals surface area (Å²) in [5.74, 6) is 0. The molecule has 2 aromatic rings. The second kappa shape index (κ2) is 13.9. The molecule has 1 saturated heterocycles. The van der Waals surface area contributed by atoms with Gasteiger partial charge >= 0.3 is 12.2 Å². The minimum absolute atomic E-state index is 0.00635. The number of aromatic nitrogens is 2. The van der Waals surface area contributed by atoms with Crippen LogP contribution in [0.25, 0.3) is 11.1 Å². The van der Waals surface area contributed by atoms with Crippen LogP contribution in [-0.2, 0) is 16.0 Å². The molecule has 42 heavy (non-hydrogen) atoms. The van der Waals surface area contributed by atoms with Crippen LogP contribution in [0, 0.1) is 5.41 Å². The number of carbonyl (C=O) groups is 2. The number of hydrogen-bond donors (Lipinski definition) is 2. The number of nitrogens with one attached hydrogen (secondary N) is 1. The quantitative estimate of drug-likeness (QED) is 0.451. The third-order valence-corrected chi connectivity index (χ3v) is 9.36. The molecule has 0 radical (unpaired) electrons. The molecule has 10 heteroatoms. The van der Waals surface area contributed by atoms with Crippen LogP contribution in [0.4, 0.5) is 21.0 Å². The lowest BCUT2D eigenvalue weighted by atomic mass is 9.71. The third kappa shape index (κ3) is 6.59. The van der Waals surface area contributed by atoms with Crippen molar-refractivity contribution < 1.29 is 24.2 Å². The number of methoxy groups -OCH3 is 1. The van der Waals surface area contributed by atoms with Crippen LogP contribution >= 0.6 is 0 Å². The molecule has 10 nitrogen and oxygen atoms in total. The lowest BCUT2D eigenvalue weighted by Gasteiger charge is -2.46. The first-order valence-electron chi connectivity index (χ1n) is 15.8. The molecule has 1 saturated carbocycles. The maximum atomic E-state index is 14.1. The van der Waals surface area contributed by atoms with Crippen LogP contribution < -0.4 is 15.1 Å². The van der Waals surface area contributed by atoms with Crippen LogP contribution in [0.15, 0.2) is 30.6 Å². The molecule has 0 bridgehead atoms. The van der Waals surface area contributed by atoms with Gasteiger partial charge in [-0.2, -0.15) is 5.10 Å². The summed E-state index contributed by atoms with van der Waals surface area (Å²) in [6, 6.07) is 5.37. The first-order valence-corrected chi connectivity index (χ1v) is 15.8. The highest BCUT2D eigenvalue weighted by atomic mass is 16.6. The number of amides is 2. The molecule has 1 aliphatic carbocycles. The van der Waals surface area contributed by atoms with Crippen molar-refractivity contribution in [3.05, 3.63) is 30.6 Å². The number of anilines is 2. The highest BCUT2D eigenvalue weighted by Gasteiger charge is 2.44. The van der Waals surface area contributed by atoms with Crippen LogP contribution in [0.1, 0.15) is 84.0 Å². The zero-order valence-corrected chi connectivity index (χ0v) is 25.2. The largest absolute Gasteiger partial charge is 0.452 e. The Morgan fingerprint density at radius 3 is 2.36 bits per heavy atom. The van der Waals surface area contributed by atoms with E-state index < -0.39 is 12.2 Å². The molecular formula is C32H47N5O5. The van der Waals surface area contributed by atoms with E-state index in [1.54, 1.807) is 20.7 Å². The molecule has 1 aromatic heterocycles. The van der Waals surface area contributed by atoms with Crippen LogP contribution in [-0.4, -0.2) is 66.1 Å². The molecular weight excluding hydrogens is 534 g/mol. The fourth-order valence-corrected chi connectivity index (χ4v) is 7.10. The van der Waals surface area contributed by atoms with E-state index in [0.717, 1.165) is 43.4 Å².